The molecule has 0 aliphatic heterocycles. The van der Waals surface area contributed by atoms with Gasteiger partial charge in [0.05, 0.1) is 20.3 Å². The quantitative estimate of drug-likeness (QED) is 0.811. The van der Waals surface area contributed by atoms with Crippen molar-refractivity contribution in [2.75, 3.05) is 21.3 Å². The lowest BCUT2D eigenvalue weighted by atomic mass is 10.0. The monoisotopic (exact) mass is 253 g/mol. The SMILES string of the molecule is COc1ccc(C(N)CCC(C)OC)cc1OC. The largest absolute Gasteiger partial charge is 0.493 e. The van der Waals surface area contributed by atoms with Crippen molar-refractivity contribution in [1.29, 1.82) is 0 Å². The summed E-state index contributed by atoms with van der Waals surface area (Å²) >= 11 is 0. The van der Waals surface area contributed by atoms with Gasteiger partial charge in [0.2, 0.25) is 0 Å². The Morgan fingerprint density at radius 2 is 1.72 bits per heavy atom. The summed E-state index contributed by atoms with van der Waals surface area (Å²) in [5.74, 6) is 1.43. The summed E-state index contributed by atoms with van der Waals surface area (Å²) in [6.45, 7) is 2.04. The fourth-order valence-electron chi connectivity index (χ4n) is 1.78. The number of benzene rings is 1. The van der Waals surface area contributed by atoms with Gasteiger partial charge >= 0.3 is 0 Å². The molecule has 1 aromatic rings. The number of methoxy groups -OCH3 is 3. The highest BCUT2D eigenvalue weighted by atomic mass is 16.5. The first-order valence-electron chi connectivity index (χ1n) is 6.12. The van der Waals surface area contributed by atoms with Gasteiger partial charge in [-0.2, -0.15) is 0 Å². The zero-order valence-electron chi connectivity index (χ0n) is 11.6. The Morgan fingerprint density at radius 3 is 2.28 bits per heavy atom. The Labute approximate surface area is 109 Å². The van der Waals surface area contributed by atoms with Crippen molar-refractivity contribution in [3.8, 4) is 11.5 Å². The molecule has 0 radical (unpaired) electrons. The number of ether oxygens (including phenoxy) is 3. The topological polar surface area (TPSA) is 53.7 Å². The van der Waals surface area contributed by atoms with Crippen LogP contribution in [0.15, 0.2) is 18.2 Å². The van der Waals surface area contributed by atoms with Crippen LogP contribution in [0.5, 0.6) is 11.5 Å². The average Bonchev–Trinajstić information content (AvgIpc) is 2.43. The first-order valence-corrected chi connectivity index (χ1v) is 6.12. The number of hydrogen-bond donors (Lipinski definition) is 1. The van der Waals surface area contributed by atoms with Gasteiger partial charge in [0.15, 0.2) is 11.5 Å². The second kappa shape index (κ2) is 7.24. The molecular formula is C14H23NO3. The summed E-state index contributed by atoms with van der Waals surface area (Å²) in [6.07, 6.45) is 2.05. The molecule has 4 heteroatoms. The zero-order valence-corrected chi connectivity index (χ0v) is 11.6. The molecular weight excluding hydrogens is 230 g/mol. The third kappa shape index (κ3) is 3.89. The van der Waals surface area contributed by atoms with Crippen molar-refractivity contribution in [3.05, 3.63) is 23.8 Å². The van der Waals surface area contributed by atoms with Gasteiger partial charge in [0, 0.05) is 13.2 Å². The molecule has 0 heterocycles. The van der Waals surface area contributed by atoms with E-state index in [1.807, 2.05) is 25.1 Å². The van der Waals surface area contributed by atoms with Crippen LogP contribution in [0.2, 0.25) is 0 Å². The van der Waals surface area contributed by atoms with Crippen LogP contribution in [-0.2, 0) is 4.74 Å². The lowest BCUT2D eigenvalue weighted by Crippen LogP contribution is -2.14. The van der Waals surface area contributed by atoms with E-state index in [1.165, 1.54) is 0 Å². The van der Waals surface area contributed by atoms with Crippen LogP contribution < -0.4 is 15.2 Å². The summed E-state index contributed by atoms with van der Waals surface area (Å²) < 4.78 is 15.7. The summed E-state index contributed by atoms with van der Waals surface area (Å²) in [7, 11) is 4.96. The summed E-state index contributed by atoms with van der Waals surface area (Å²) in [5.41, 5.74) is 7.21. The molecule has 0 bridgehead atoms. The fraction of sp³-hybridized carbons (Fsp3) is 0.571. The molecule has 2 unspecified atom stereocenters. The normalized spacial score (nSPS) is 14.1. The number of rotatable bonds is 7. The molecule has 1 aromatic carbocycles. The minimum absolute atomic E-state index is 0.0117. The van der Waals surface area contributed by atoms with Gasteiger partial charge in [-0.1, -0.05) is 6.07 Å². The Hall–Kier alpha value is -1.26. The lowest BCUT2D eigenvalue weighted by Gasteiger charge is -2.16. The van der Waals surface area contributed by atoms with Gasteiger partial charge in [-0.3, -0.25) is 0 Å². The van der Waals surface area contributed by atoms with Gasteiger partial charge in [-0.05, 0) is 37.5 Å². The van der Waals surface area contributed by atoms with Gasteiger partial charge in [0.25, 0.3) is 0 Å². The maximum atomic E-state index is 6.16. The molecule has 2 N–H and O–H groups in total. The van der Waals surface area contributed by atoms with Crippen LogP contribution in [-0.4, -0.2) is 27.4 Å². The van der Waals surface area contributed by atoms with E-state index in [0.717, 1.165) is 24.2 Å². The van der Waals surface area contributed by atoms with Crippen LogP contribution in [0.25, 0.3) is 0 Å². The molecule has 102 valence electrons. The summed E-state index contributed by atoms with van der Waals surface area (Å²) in [6, 6.07) is 5.78. The maximum Gasteiger partial charge on any atom is 0.161 e. The van der Waals surface area contributed by atoms with E-state index in [2.05, 4.69) is 0 Å². The van der Waals surface area contributed by atoms with E-state index in [4.69, 9.17) is 19.9 Å². The molecule has 0 aromatic heterocycles. The number of hydrogen-bond acceptors (Lipinski definition) is 4. The zero-order chi connectivity index (χ0) is 13.5. The van der Waals surface area contributed by atoms with Crippen LogP contribution in [0.1, 0.15) is 31.4 Å². The number of nitrogens with two attached hydrogens (primary N) is 1. The first kappa shape index (κ1) is 14.8. The van der Waals surface area contributed by atoms with Crippen LogP contribution in [0, 0.1) is 0 Å². The smallest absolute Gasteiger partial charge is 0.161 e. The predicted molar refractivity (Wildman–Crippen MR) is 72.2 cm³/mol. The van der Waals surface area contributed by atoms with Crippen molar-refractivity contribution in [2.24, 2.45) is 5.73 Å². The van der Waals surface area contributed by atoms with Crippen LogP contribution >= 0.6 is 0 Å². The second-order valence-electron chi connectivity index (χ2n) is 4.34. The maximum absolute atomic E-state index is 6.16. The van der Waals surface area contributed by atoms with Crippen molar-refractivity contribution in [3.63, 3.8) is 0 Å². The van der Waals surface area contributed by atoms with E-state index in [9.17, 15) is 0 Å². The molecule has 1 rings (SSSR count). The van der Waals surface area contributed by atoms with Crippen LogP contribution in [0.4, 0.5) is 0 Å². The average molecular weight is 253 g/mol. The molecule has 4 nitrogen and oxygen atoms in total. The van der Waals surface area contributed by atoms with E-state index in [-0.39, 0.29) is 12.1 Å². The first-order chi connectivity index (χ1) is 8.62. The fourth-order valence-corrected chi connectivity index (χ4v) is 1.78. The molecule has 0 saturated carbocycles. The standard InChI is InChI=1S/C14H23NO3/c1-10(16-2)5-7-12(15)11-6-8-13(17-3)14(9-11)18-4/h6,8-10,12H,5,7,15H2,1-4H3. The summed E-state index contributed by atoms with van der Waals surface area (Å²) in [5, 5.41) is 0. The van der Waals surface area contributed by atoms with Crippen molar-refractivity contribution in [2.45, 2.75) is 31.9 Å². The molecule has 18 heavy (non-hydrogen) atoms. The van der Waals surface area contributed by atoms with Gasteiger partial charge in [-0.25, -0.2) is 0 Å². The second-order valence-corrected chi connectivity index (χ2v) is 4.34. The van der Waals surface area contributed by atoms with Crippen molar-refractivity contribution in [1.82, 2.24) is 0 Å². The molecule has 2 atom stereocenters. The third-order valence-corrected chi connectivity index (χ3v) is 3.12. The molecule has 0 aliphatic carbocycles. The van der Waals surface area contributed by atoms with E-state index in [1.54, 1.807) is 21.3 Å². The lowest BCUT2D eigenvalue weighted by molar-refractivity contribution is 0.107. The molecule has 0 spiro atoms. The summed E-state index contributed by atoms with van der Waals surface area (Å²) in [4.78, 5) is 0. The highest BCUT2D eigenvalue weighted by Gasteiger charge is 2.11. The third-order valence-electron chi connectivity index (χ3n) is 3.12. The van der Waals surface area contributed by atoms with Crippen molar-refractivity contribution >= 4 is 0 Å². The Morgan fingerprint density at radius 1 is 1.06 bits per heavy atom. The molecule has 0 amide bonds. The highest BCUT2D eigenvalue weighted by Crippen LogP contribution is 2.30. The molecule has 0 saturated heterocycles. The molecule has 0 aliphatic rings. The predicted octanol–water partition coefficient (Wildman–Crippen LogP) is 2.52. The minimum Gasteiger partial charge on any atom is -0.493 e. The van der Waals surface area contributed by atoms with E-state index in [0.29, 0.717) is 5.75 Å². The van der Waals surface area contributed by atoms with Gasteiger partial charge in [-0.15, -0.1) is 0 Å². The van der Waals surface area contributed by atoms with E-state index >= 15 is 0 Å². The minimum atomic E-state index is -0.0117. The Balaban J connectivity index is 2.70. The Bertz CT molecular complexity index is 368. The Kier molecular flexibility index (Phi) is 5.95. The van der Waals surface area contributed by atoms with Gasteiger partial charge < -0.3 is 19.9 Å². The highest BCUT2D eigenvalue weighted by molar-refractivity contribution is 5.43. The molecule has 0 fully saturated rings. The van der Waals surface area contributed by atoms with Crippen LogP contribution in [0.3, 0.4) is 0 Å². The van der Waals surface area contributed by atoms with E-state index < -0.39 is 0 Å². The van der Waals surface area contributed by atoms with Crippen molar-refractivity contribution < 1.29 is 14.2 Å². The van der Waals surface area contributed by atoms with Gasteiger partial charge in [0.1, 0.15) is 0 Å².